The molecule has 7 heteroatoms. The van der Waals surface area contributed by atoms with Gasteiger partial charge in [-0.15, -0.1) is 0 Å². The average Bonchev–Trinajstić information content (AvgIpc) is 3.47. The predicted molar refractivity (Wildman–Crippen MR) is 139 cm³/mol. The molecule has 0 radical (unpaired) electrons. The first-order valence-electron chi connectivity index (χ1n) is 13.0. The topological polar surface area (TPSA) is 69.7 Å². The minimum atomic E-state index is -3.16. The van der Waals surface area contributed by atoms with E-state index in [0.29, 0.717) is 26.1 Å². The summed E-state index contributed by atoms with van der Waals surface area (Å²) in [4.78, 5) is 17.2. The van der Waals surface area contributed by atoms with Crippen LogP contribution in [0.3, 0.4) is 0 Å². The minimum absolute atomic E-state index is 0.0172. The summed E-state index contributed by atoms with van der Waals surface area (Å²) in [5, 5.41) is 2.66. The molecule has 2 heterocycles. The molecule has 0 aromatic heterocycles. The van der Waals surface area contributed by atoms with Crippen LogP contribution in [0.5, 0.6) is 0 Å². The van der Waals surface area contributed by atoms with Gasteiger partial charge in [-0.1, -0.05) is 48.5 Å². The summed E-state index contributed by atoms with van der Waals surface area (Å²) in [7, 11) is -3.16. The monoisotopic (exact) mass is 495 g/mol. The molecule has 35 heavy (non-hydrogen) atoms. The average molecular weight is 496 g/mol. The predicted octanol–water partition coefficient (Wildman–Crippen LogP) is 4.06. The Labute approximate surface area is 209 Å². The first-order chi connectivity index (χ1) is 16.8. The van der Waals surface area contributed by atoms with E-state index in [1.807, 2.05) is 23.1 Å². The molecule has 0 bridgehead atoms. The van der Waals surface area contributed by atoms with Gasteiger partial charge in [-0.3, -0.25) is 4.90 Å². The molecule has 2 fully saturated rings. The van der Waals surface area contributed by atoms with Crippen LogP contribution in [0.15, 0.2) is 48.5 Å². The Hall–Kier alpha value is -2.38. The van der Waals surface area contributed by atoms with Crippen molar-refractivity contribution in [2.45, 2.75) is 55.7 Å². The summed E-state index contributed by atoms with van der Waals surface area (Å²) >= 11 is 0. The second kappa shape index (κ2) is 9.94. The molecule has 188 valence electrons. The lowest BCUT2D eigenvalue weighted by Crippen LogP contribution is -2.48. The maximum Gasteiger partial charge on any atom is 0.317 e. The maximum absolute atomic E-state index is 12.8. The Morgan fingerprint density at radius 3 is 2.31 bits per heavy atom. The van der Waals surface area contributed by atoms with E-state index in [4.69, 9.17) is 0 Å². The van der Waals surface area contributed by atoms with E-state index >= 15 is 0 Å². The Morgan fingerprint density at radius 2 is 1.63 bits per heavy atom. The normalized spacial score (nSPS) is 21.9. The van der Waals surface area contributed by atoms with Gasteiger partial charge >= 0.3 is 6.03 Å². The molecule has 3 aliphatic rings. The van der Waals surface area contributed by atoms with E-state index in [0.717, 1.165) is 31.4 Å². The van der Waals surface area contributed by atoms with Crippen LogP contribution in [0.4, 0.5) is 4.79 Å². The van der Waals surface area contributed by atoms with Crippen LogP contribution >= 0.6 is 0 Å². The summed E-state index contributed by atoms with van der Waals surface area (Å²) in [6.45, 7) is 5.36. The van der Waals surface area contributed by atoms with Gasteiger partial charge in [-0.05, 0) is 73.9 Å². The van der Waals surface area contributed by atoms with Gasteiger partial charge in [0.05, 0.1) is 5.25 Å². The second-order valence-corrected chi connectivity index (χ2v) is 12.9. The molecule has 6 nitrogen and oxygen atoms in total. The van der Waals surface area contributed by atoms with Crippen molar-refractivity contribution in [3.63, 3.8) is 0 Å². The molecule has 5 rings (SSSR count). The molecule has 1 unspecified atom stereocenters. The van der Waals surface area contributed by atoms with Gasteiger partial charge in [-0.25, -0.2) is 13.2 Å². The number of carbonyl (C=O) groups is 1. The summed E-state index contributed by atoms with van der Waals surface area (Å²) in [6, 6.07) is 16.8. The number of hydrogen-bond donors (Lipinski definition) is 1. The van der Waals surface area contributed by atoms with Crippen LogP contribution in [0, 0.1) is 0 Å². The lowest BCUT2D eigenvalue weighted by molar-refractivity contribution is 0.157. The highest BCUT2D eigenvalue weighted by Crippen LogP contribution is 2.53. The Morgan fingerprint density at radius 1 is 0.971 bits per heavy atom. The van der Waals surface area contributed by atoms with Crippen LogP contribution in [-0.2, 0) is 28.2 Å². The fourth-order valence-corrected chi connectivity index (χ4v) is 7.55. The van der Waals surface area contributed by atoms with E-state index in [1.165, 1.54) is 48.9 Å². The molecule has 1 atom stereocenters. The van der Waals surface area contributed by atoms with Gasteiger partial charge in [0.2, 0.25) is 0 Å². The molecule has 1 N–H and O–H groups in total. The van der Waals surface area contributed by atoms with Gasteiger partial charge in [0.1, 0.15) is 0 Å². The summed E-state index contributed by atoms with van der Waals surface area (Å²) in [6.07, 6.45) is 7.03. The largest absolute Gasteiger partial charge is 0.338 e. The number of sulfone groups is 1. The van der Waals surface area contributed by atoms with Crippen molar-refractivity contribution in [1.29, 1.82) is 0 Å². The fourth-order valence-electron chi connectivity index (χ4n) is 6.26. The van der Waals surface area contributed by atoms with Crippen molar-refractivity contribution in [3.05, 3.63) is 70.8 Å². The van der Waals surface area contributed by atoms with Crippen molar-refractivity contribution >= 4 is 15.9 Å². The van der Waals surface area contributed by atoms with Crippen LogP contribution in [-0.4, -0.2) is 63.2 Å². The summed E-state index contributed by atoms with van der Waals surface area (Å²) in [5.41, 5.74) is 4.58. The number of urea groups is 1. The van der Waals surface area contributed by atoms with Gasteiger partial charge < -0.3 is 10.2 Å². The lowest BCUT2D eigenvalue weighted by Gasteiger charge is -2.40. The Balaban J connectivity index is 1.11. The molecular formula is C28H37N3O3S. The quantitative estimate of drug-likeness (QED) is 0.656. The molecular weight excluding hydrogens is 458 g/mol. The molecule has 1 spiro atoms. The van der Waals surface area contributed by atoms with Crippen LogP contribution in [0.25, 0.3) is 0 Å². The van der Waals surface area contributed by atoms with Gasteiger partial charge in [0, 0.05) is 37.8 Å². The highest BCUT2D eigenvalue weighted by Gasteiger charge is 2.48. The molecule has 2 aromatic rings. The first kappa shape index (κ1) is 24.3. The minimum Gasteiger partial charge on any atom is -0.338 e. The third-order valence-electron chi connectivity index (χ3n) is 8.30. The highest BCUT2D eigenvalue weighted by atomic mass is 32.2. The van der Waals surface area contributed by atoms with Crippen molar-refractivity contribution < 1.29 is 13.2 Å². The van der Waals surface area contributed by atoms with Gasteiger partial charge in [0.25, 0.3) is 0 Å². The number of carbonyl (C=O) groups excluding carboxylic acids is 1. The SMILES string of the molecule is CS(=O)(=O)C1CC2(CCN(C(=O)NCCc3ccc(CN4CCCC4)cc3)CC2)c2ccccc21. The zero-order chi connectivity index (χ0) is 24.5. The molecule has 0 saturated carbocycles. The maximum atomic E-state index is 12.8. The van der Waals surface area contributed by atoms with Gasteiger partial charge in [-0.2, -0.15) is 0 Å². The van der Waals surface area contributed by atoms with Crippen LogP contribution in [0.1, 0.15) is 59.6 Å². The first-order valence-corrected chi connectivity index (χ1v) is 14.9. The number of likely N-dealkylation sites (tertiary alicyclic amines) is 2. The number of nitrogens with zero attached hydrogens (tertiary/aromatic N) is 2. The zero-order valence-corrected chi connectivity index (χ0v) is 21.5. The highest BCUT2D eigenvalue weighted by molar-refractivity contribution is 7.90. The molecule has 1 aliphatic carbocycles. The summed E-state index contributed by atoms with van der Waals surface area (Å²) in [5.74, 6) is 0. The number of nitrogens with one attached hydrogen (secondary N) is 1. The lowest BCUT2D eigenvalue weighted by atomic mass is 9.74. The van der Waals surface area contributed by atoms with E-state index < -0.39 is 15.1 Å². The van der Waals surface area contributed by atoms with Crippen LogP contribution < -0.4 is 5.32 Å². The molecule has 2 amide bonds. The number of fused-ring (bicyclic) bond motifs is 2. The van der Waals surface area contributed by atoms with E-state index in [-0.39, 0.29) is 11.4 Å². The second-order valence-electron chi connectivity index (χ2n) is 10.7. The standard InChI is InChI=1S/C28H37N3O3S/c1-35(33,34)26-20-28(25-7-3-2-6-24(25)26)13-18-31(19-14-28)27(32)29-15-12-22-8-10-23(11-9-22)21-30-16-4-5-17-30/h2-3,6-11,26H,4-5,12-21H2,1H3,(H,29,32). The third-order valence-corrected chi connectivity index (χ3v) is 9.75. The van der Waals surface area contributed by atoms with Gasteiger partial charge in [0.15, 0.2) is 9.84 Å². The fraction of sp³-hybridized carbons (Fsp3) is 0.536. The third kappa shape index (κ3) is 5.26. The van der Waals surface area contributed by atoms with Crippen molar-refractivity contribution in [2.24, 2.45) is 0 Å². The van der Waals surface area contributed by atoms with E-state index in [9.17, 15) is 13.2 Å². The number of benzene rings is 2. The smallest absolute Gasteiger partial charge is 0.317 e. The number of piperidine rings is 1. The molecule has 2 aromatic carbocycles. The number of hydrogen-bond acceptors (Lipinski definition) is 4. The number of amides is 2. The van der Waals surface area contributed by atoms with Crippen molar-refractivity contribution in [3.8, 4) is 0 Å². The van der Waals surface area contributed by atoms with Crippen molar-refractivity contribution in [2.75, 3.05) is 39.0 Å². The molecule has 2 aliphatic heterocycles. The van der Waals surface area contributed by atoms with E-state index in [1.54, 1.807) is 0 Å². The Bertz CT molecular complexity index is 1150. The van der Waals surface area contributed by atoms with E-state index in [2.05, 4.69) is 40.5 Å². The Kier molecular flexibility index (Phi) is 6.91. The van der Waals surface area contributed by atoms with Crippen molar-refractivity contribution in [1.82, 2.24) is 15.1 Å². The zero-order valence-electron chi connectivity index (χ0n) is 20.7. The molecule has 2 saturated heterocycles. The van der Waals surface area contributed by atoms with Crippen LogP contribution in [0.2, 0.25) is 0 Å². The number of rotatable bonds is 6. The summed E-state index contributed by atoms with van der Waals surface area (Å²) < 4.78 is 24.9.